The zero-order valence-corrected chi connectivity index (χ0v) is 26.1. The number of rotatable bonds is 0. The molecule has 0 aromatic heterocycles. The van der Waals surface area contributed by atoms with Gasteiger partial charge in [0.05, 0.1) is 0 Å². The van der Waals surface area contributed by atoms with Crippen LogP contribution >= 0.6 is 0 Å². The van der Waals surface area contributed by atoms with E-state index in [1.165, 1.54) is 89.0 Å². The molecule has 0 heterocycles. The quantitative estimate of drug-likeness (QED) is 0.183. The predicted octanol–water partition coefficient (Wildman–Crippen LogP) is 10.9. The van der Waals surface area contributed by atoms with E-state index in [0.29, 0.717) is 0 Å². The maximum absolute atomic E-state index is 2.57. The van der Waals surface area contributed by atoms with Gasteiger partial charge in [0.25, 0.3) is 0 Å². The fourth-order valence-electron chi connectivity index (χ4n) is 9.34. The number of fused-ring (bicyclic) bond motifs is 12. The maximum Gasteiger partial charge on any atom is 0.0159 e. The fourth-order valence-corrected chi connectivity index (χ4v) is 9.34. The van der Waals surface area contributed by atoms with Gasteiger partial charge in [0.15, 0.2) is 0 Å². The van der Waals surface area contributed by atoms with Crippen LogP contribution in [-0.2, 0) is 21.7 Å². The second-order valence-corrected chi connectivity index (χ2v) is 15.4. The van der Waals surface area contributed by atoms with E-state index in [9.17, 15) is 0 Å². The van der Waals surface area contributed by atoms with E-state index in [-0.39, 0.29) is 21.7 Å². The Morgan fingerprint density at radius 3 is 0.762 bits per heavy atom. The smallest absolute Gasteiger partial charge is 0.0159 e. The molecule has 42 heavy (non-hydrogen) atoms. The van der Waals surface area contributed by atoms with Crippen LogP contribution in [0, 0.1) is 0 Å². The Kier molecular flexibility index (Phi) is 4.21. The van der Waals surface area contributed by atoms with Crippen LogP contribution in [0.5, 0.6) is 0 Å². The highest BCUT2D eigenvalue weighted by Crippen LogP contribution is 2.61. The van der Waals surface area contributed by atoms with Gasteiger partial charge in [0, 0.05) is 21.7 Å². The zero-order valence-electron chi connectivity index (χ0n) is 26.1. The molecule has 4 aliphatic carbocycles. The molecule has 0 saturated carbocycles. The number of benzene rings is 5. The van der Waals surface area contributed by atoms with Crippen LogP contribution in [0.3, 0.4) is 0 Å². The molecule has 0 fully saturated rings. The first-order valence-corrected chi connectivity index (χ1v) is 15.6. The van der Waals surface area contributed by atoms with Crippen LogP contribution in [0.1, 0.15) is 99.9 Å². The van der Waals surface area contributed by atoms with Gasteiger partial charge in [-0.15, -0.1) is 0 Å². The van der Waals surface area contributed by atoms with Gasteiger partial charge in [0.2, 0.25) is 0 Å². The Balaban J connectivity index is 1.27. The molecule has 4 aliphatic rings. The zero-order chi connectivity index (χ0) is 29.1. The molecule has 0 spiro atoms. The van der Waals surface area contributed by atoms with Crippen molar-refractivity contribution in [2.24, 2.45) is 0 Å². The highest BCUT2D eigenvalue weighted by atomic mass is 14.5. The first kappa shape index (κ1) is 24.7. The van der Waals surface area contributed by atoms with Crippen molar-refractivity contribution < 1.29 is 0 Å². The van der Waals surface area contributed by atoms with Crippen LogP contribution in [0.15, 0.2) is 84.9 Å². The molecule has 0 radical (unpaired) electrons. The summed E-state index contributed by atoms with van der Waals surface area (Å²) in [6.45, 7) is 19.3. The van der Waals surface area contributed by atoms with E-state index in [4.69, 9.17) is 0 Å². The summed E-state index contributed by atoms with van der Waals surface area (Å²) in [7, 11) is 0. The number of hydrogen-bond donors (Lipinski definition) is 0. The Hall–Kier alpha value is -3.90. The first-order chi connectivity index (χ1) is 19.8. The minimum atomic E-state index is -0.0600. The summed E-state index contributed by atoms with van der Waals surface area (Å²) in [5.74, 6) is 0. The third kappa shape index (κ3) is 2.63. The molecule has 0 heteroatoms. The fraction of sp³-hybridized carbons (Fsp3) is 0.286. The van der Waals surface area contributed by atoms with Gasteiger partial charge in [-0.25, -0.2) is 0 Å². The van der Waals surface area contributed by atoms with Crippen LogP contribution in [0.25, 0.3) is 44.5 Å². The molecule has 0 unspecified atom stereocenters. The molecular formula is C42H38. The molecule has 0 saturated heterocycles. The Morgan fingerprint density at radius 1 is 0.262 bits per heavy atom. The minimum absolute atomic E-state index is 0.00372. The molecular weight excluding hydrogens is 504 g/mol. The van der Waals surface area contributed by atoms with Crippen molar-refractivity contribution in [1.29, 1.82) is 0 Å². The van der Waals surface area contributed by atoms with Crippen molar-refractivity contribution in [3.8, 4) is 44.5 Å². The molecule has 5 aromatic carbocycles. The normalized spacial score (nSPS) is 19.2. The van der Waals surface area contributed by atoms with Crippen molar-refractivity contribution in [3.05, 3.63) is 129 Å². The van der Waals surface area contributed by atoms with Gasteiger partial charge in [-0.2, -0.15) is 0 Å². The molecule has 0 nitrogen and oxygen atoms in total. The maximum atomic E-state index is 2.57. The first-order valence-electron chi connectivity index (χ1n) is 15.6. The highest BCUT2D eigenvalue weighted by molar-refractivity contribution is 5.95. The van der Waals surface area contributed by atoms with E-state index in [0.717, 1.165) is 0 Å². The third-order valence-electron chi connectivity index (χ3n) is 11.9. The van der Waals surface area contributed by atoms with Gasteiger partial charge < -0.3 is 0 Å². The van der Waals surface area contributed by atoms with Gasteiger partial charge in [-0.05, 0) is 125 Å². The monoisotopic (exact) mass is 542 g/mol. The summed E-state index contributed by atoms with van der Waals surface area (Å²) < 4.78 is 0. The molecule has 5 aromatic rings. The van der Waals surface area contributed by atoms with E-state index in [1.54, 1.807) is 0 Å². The van der Waals surface area contributed by atoms with Crippen molar-refractivity contribution in [2.45, 2.75) is 77.0 Å². The summed E-state index contributed by atoms with van der Waals surface area (Å²) >= 11 is 0. The van der Waals surface area contributed by atoms with Gasteiger partial charge in [-0.3, -0.25) is 0 Å². The number of hydrogen-bond acceptors (Lipinski definition) is 0. The van der Waals surface area contributed by atoms with Gasteiger partial charge in [0.1, 0.15) is 0 Å². The van der Waals surface area contributed by atoms with E-state index >= 15 is 0 Å². The lowest BCUT2D eigenvalue weighted by molar-refractivity contribution is 0.648. The topological polar surface area (TPSA) is 0 Å². The second-order valence-electron chi connectivity index (χ2n) is 15.4. The largest absolute Gasteiger partial charge is 0.0619 e. The van der Waals surface area contributed by atoms with E-state index < -0.39 is 0 Å². The Morgan fingerprint density at radius 2 is 0.476 bits per heavy atom. The molecule has 0 atom stereocenters. The van der Waals surface area contributed by atoms with E-state index in [2.05, 4.69) is 140 Å². The molecule has 9 rings (SSSR count). The summed E-state index contributed by atoms with van der Waals surface area (Å²) in [5.41, 5.74) is 23.0. The second kappa shape index (κ2) is 7.17. The standard InChI is InChI=1S/C42H38/c1-39(2)31-15-11-9-13-23(31)25-17-35-27(19-33(25)39)29-21-38-30(22-37(29)41(35,5)6)28-20-34-26(18-36(28)42(38,7)8)24-14-10-12-16-32(24)40(34,3)4/h9-22H,1-8H3. The predicted molar refractivity (Wildman–Crippen MR) is 177 cm³/mol. The lowest BCUT2D eigenvalue weighted by Crippen LogP contribution is -2.17. The summed E-state index contributed by atoms with van der Waals surface area (Å²) in [5, 5.41) is 0. The molecule has 206 valence electrons. The van der Waals surface area contributed by atoms with Crippen LogP contribution in [0.2, 0.25) is 0 Å². The lowest BCUT2D eigenvalue weighted by atomic mass is 9.78. The average molecular weight is 543 g/mol. The summed E-state index contributed by atoms with van der Waals surface area (Å²) in [6.07, 6.45) is 0. The van der Waals surface area contributed by atoms with E-state index in [1.807, 2.05) is 0 Å². The minimum Gasteiger partial charge on any atom is -0.0619 e. The summed E-state index contributed by atoms with van der Waals surface area (Å²) in [4.78, 5) is 0. The van der Waals surface area contributed by atoms with Gasteiger partial charge >= 0.3 is 0 Å². The Bertz CT molecular complexity index is 1920. The third-order valence-corrected chi connectivity index (χ3v) is 11.9. The molecule has 0 bridgehead atoms. The van der Waals surface area contributed by atoms with Gasteiger partial charge in [-0.1, -0.05) is 104 Å². The van der Waals surface area contributed by atoms with Crippen molar-refractivity contribution >= 4 is 0 Å². The average Bonchev–Trinajstić information content (AvgIpc) is 3.52. The Labute approximate surface area is 250 Å². The molecule has 0 amide bonds. The van der Waals surface area contributed by atoms with Crippen molar-refractivity contribution in [2.75, 3.05) is 0 Å². The van der Waals surface area contributed by atoms with Crippen molar-refractivity contribution in [1.82, 2.24) is 0 Å². The summed E-state index contributed by atoms with van der Waals surface area (Å²) in [6, 6.07) is 33.4. The van der Waals surface area contributed by atoms with Crippen LogP contribution < -0.4 is 0 Å². The van der Waals surface area contributed by atoms with Crippen molar-refractivity contribution in [3.63, 3.8) is 0 Å². The van der Waals surface area contributed by atoms with Crippen LogP contribution in [0.4, 0.5) is 0 Å². The molecule has 0 aliphatic heterocycles. The lowest BCUT2D eigenvalue weighted by Gasteiger charge is -2.25. The SMILES string of the molecule is CC1(C)c2ccccc2-c2cc3c(cc21)-c1cc2c(cc1C3(C)C)-c1cc3c(cc1C2(C)C)-c1ccccc1C3(C)C. The highest BCUT2D eigenvalue weighted by Gasteiger charge is 2.46. The van der Waals surface area contributed by atoms with Crippen LogP contribution in [-0.4, -0.2) is 0 Å². The molecule has 0 N–H and O–H groups in total.